The van der Waals surface area contributed by atoms with Crippen LogP contribution in [0.3, 0.4) is 0 Å². The number of hydrogen-bond acceptors (Lipinski definition) is 5. The van der Waals surface area contributed by atoms with Crippen LogP contribution in [-0.2, 0) is 11.0 Å². The van der Waals surface area contributed by atoms with Gasteiger partial charge in [0.1, 0.15) is 6.61 Å². The van der Waals surface area contributed by atoms with E-state index < -0.39 is 11.7 Å². The number of ether oxygens (including phenoxy) is 2. The minimum Gasteiger partial charge on any atom is -0.493 e. The monoisotopic (exact) mass is 501 g/mol. The molecule has 1 amide bonds. The van der Waals surface area contributed by atoms with E-state index >= 15 is 0 Å². The minimum absolute atomic E-state index is 0.0323. The van der Waals surface area contributed by atoms with Gasteiger partial charge in [-0.1, -0.05) is 12.1 Å². The van der Waals surface area contributed by atoms with E-state index in [1.54, 1.807) is 19.4 Å². The maximum absolute atomic E-state index is 13.1. The second kappa shape index (κ2) is 11.5. The van der Waals surface area contributed by atoms with Crippen molar-refractivity contribution in [1.82, 2.24) is 10.3 Å². The Kier molecular flexibility index (Phi) is 8.18. The van der Waals surface area contributed by atoms with Crippen molar-refractivity contribution >= 4 is 22.5 Å². The number of alkyl halides is 3. The number of anilines is 1. The molecule has 1 fully saturated rings. The van der Waals surface area contributed by atoms with Gasteiger partial charge in [0.25, 0.3) is 0 Å². The van der Waals surface area contributed by atoms with Crippen LogP contribution < -0.4 is 20.1 Å². The Bertz CT molecular complexity index is 1180. The largest absolute Gasteiger partial charge is 0.493 e. The second-order valence-corrected chi connectivity index (χ2v) is 8.98. The van der Waals surface area contributed by atoms with E-state index in [2.05, 4.69) is 15.6 Å². The molecule has 9 heteroatoms. The van der Waals surface area contributed by atoms with E-state index in [-0.39, 0.29) is 11.8 Å². The van der Waals surface area contributed by atoms with Gasteiger partial charge >= 0.3 is 6.18 Å². The number of carbonyl (C=O) groups excluding carboxylic acids is 1. The molecule has 0 saturated heterocycles. The number of rotatable bonds is 9. The molecular formula is C27H30F3N3O3. The molecule has 192 valence electrons. The SMILES string of the molecule is COc1ccccc1OCCNC(=O)[C@H]1CC[C@H](CNc2ccnc3ccc(C(F)(F)F)cc23)CC1. The van der Waals surface area contributed by atoms with Crippen molar-refractivity contribution in [1.29, 1.82) is 0 Å². The normalized spacial score (nSPS) is 18.0. The summed E-state index contributed by atoms with van der Waals surface area (Å²) in [6, 6.07) is 12.7. The molecule has 1 aliphatic rings. The summed E-state index contributed by atoms with van der Waals surface area (Å²) < 4.78 is 50.4. The van der Waals surface area contributed by atoms with Gasteiger partial charge < -0.3 is 20.1 Å². The average molecular weight is 502 g/mol. The van der Waals surface area contributed by atoms with Crippen molar-refractivity contribution in [2.45, 2.75) is 31.9 Å². The summed E-state index contributed by atoms with van der Waals surface area (Å²) in [7, 11) is 1.58. The number of nitrogens with one attached hydrogen (secondary N) is 2. The highest BCUT2D eigenvalue weighted by Crippen LogP contribution is 2.34. The van der Waals surface area contributed by atoms with Crippen LogP contribution in [0.1, 0.15) is 31.2 Å². The summed E-state index contributed by atoms with van der Waals surface area (Å²) >= 11 is 0. The van der Waals surface area contributed by atoms with Gasteiger partial charge in [-0.05, 0) is 68.0 Å². The fourth-order valence-corrected chi connectivity index (χ4v) is 4.58. The summed E-state index contributed by atoms with van der Waals surface area (Å²) in [6.45, 7) is 1.39. The highest BCUT2D eigenvalue weighted by atomic mass is 19.4. The molecule has 0 spiro atoms. The van der Waals surface area contributed by atoms with Crippen molar-refractivity contribution in [3.63, 3.8) is 0 Å². The van der Waals surface area contributed by atoms with E-state index in [0.717, 1.165) is 37.8 Å². The third-order valence-corrected chi connectivity index (χ3v) is 6.60. The Hall–Kier alpha value is -3.49. The molecule has 6 nitrogen and oxygen atoms in total. The lowest BCUT2D eigenvalue weighted by atomic mass is 9.81. The molecule has 0 aliphatic heterocycles. The van der Waals surface area contributed by atoms with E-state index in [0.29, 0.717) is 53.7 Å². The van der Waals surface area contributed by atoms with E-state index in [1.807, 2.05) is 24.3 Å². The van der Waals surface area contributed by atoms with E-state index in [4.69, 9.17) is 9.47 Å². The Labute approximate surface area is 208 Å². The topological polar surface area (TPSA) is 72.5 Å². The fourth-order valence-electron chi connectivity index (χ4n) is 4.58. The molecule has 0 radical (unpaired) electrons. The lowest BCUT2D eigenvalue weighted by molar-refractivity contribution is -0.137. The van der Waals surface area contributed by atoms with Gasteiger partial charge in [0.15, 0.2) is 11.5 Å². The smallest absolute Gasteiger partial charge is 0.416 e. The molecule has 3 aromatic rings. The Morgan fingerprint density at radius 3 is 2.53 bits per heavy atom. The molecule has 2 N–H and O–H groups in total. The third kappa shape index (κ3) is 6.38. The van der Waals surface area contributed by atoms with Crippen molar-refractivity contribution < 1.29 is 27.4 Å². The van der Waals surface area contributed by atoms with Gasteiger partial charge in [-0.15, -0.1) is 0 Å². The van der Waals surface area contributed by atoms with Crippen molar-refractivity contribution in [3.05, 3.63) is 60.3 Å². The molecule has 1 saturated carbocycles. The number of aromatic nitrogens is 1. The van der Waals surface area contributed by atoms with Gasteiger partial charge in [0.05, 0.1) is 24.7 Å². The van der Waals surface area contributed by atoms with Gasteiger partial charge in [-0.25, -0.2) is 0 Å². The lowest BCUT2D eigenvalue weighted by Crippen LogP contribution is -2.36. The average Bonchev–Trinajstić information content (AvgIpc) is 2.89. The maximum Gasteiger partial charge on any atom is 0.416 e. The van der Waals surface area contributed by atoms with Crippen LogP contribution in [0.25, 0.3) is 10.9 Å². The van der Waals surface area contributed by atoms with Crippen LogP contribution in [0.15, 0.2) is 54.7 Å². The highest BCUT2D eigenvalue weighted by molar-refractivity contribution is 5.91. The molecule has 0 bridgehead atoms. The molecule has 1 aromatic heterocycles. The predicted octanol–water partition coefficient (Wildman–Crippen LogP) is 5.68. The van der Waals surface area contributed by atoms with Crippen LogP contribution >= 0.6 is 0 Å². The molecular weight excluding hydrogens is 471 g/mol. The zero-order valence-corrected chi connectivity index (χ0v) is 20.1. The molecule has 4 rings (SSSR count). The number of nitrogens with zero attached hydrogens (tertiary/aromatic N) is 1. The van der Waals surface area contributed by atoms with E-state index in [1.165, 1.54) is 6.07 Å². The molecule has 2 aromatic carbocycles. The summed E-state index contributed by atoms with van der Waals surface area (Å²) in [5.41, 5.74) is 0.468. The van der Waals surface area contributed by atoms with Crippen LogP contribution in [0.5, 0.6) is 11.5 Å². The Balaban J connectivity index is 1.22. The maximum atomic E-state index is 13.1. The Morgan fingerprint density at radius 1 is 1.06 bits per heavy atom. The first kappa shape index (κ1) is 25.6. The number of para-hydroxylation sites is 2. The molecule has 0 atom stereocenters. The lowest BCUT2D eigenvalue weighted by Gasteiger charge is -2.28. The molecule has 1 aliphatic carbocycles. The van der Waals surface area contributed by atoms with Gasteiger partial charge in [0.2, 0.25) is 5.91 Å². The number of pyridine rings is 1. The van der Waals surface area contributed by atoms with Crippen molar-refractivity contribution in [3.8, 4) is 11.5 Å². The fraction of sp³-hybridized carbons (Fsp3) is 0.407. The summed E-state index contributed by atoms with van der Waals surface area (Å²) in [4.78, 5) is 16.8. The number of methoxy groups -OCH3 is 1. The zero-order valence-electron chi connectivity index (χ0n) is 20.1. The zero-order chi connectivity index (χ0) is 25.5. The molecule has 0 unspecified atom stereocenters. The number of carbonyl (C=O) groups is 1. The minimum atomic E-state index is -4.40. The van der Waals surface area contributed by atoms with Crippen LogP contribution in [-0.4, -0.2) is 37.7 Å². The quantitative estimate of drug-likeness (QED) is 0.370. The van der Waals surface area contributed by atoms with Crippen LogP contribution in [0.2, 0.25) is 0 Å². The van der Waals surface area contributed by atoms with Gasteiger partial charge in [0, 0.05) is 29.7 Å². The van der Waals surface area contributed by atoms with Crippen LogP contribution in [0, 0.1) is 11.8 Å². The van der Waals surface area contributed by atoms with Crippen LogP contribution in [0.4, 0.5) is 18.9 Å². The number of fused-ring (bicyclic) bond motifs is 1. The first-order valence-electron chi connectivity index (χ1n) is 12.1. The Morgan fingerprint density at radius 2 is 1.81 bits per heavy atom. The predicted molar refractivity (Wildman–Crippen MR) is 132 cm³/mol. The summed E-state index contributed by atoms with van der Waals surface area (Å²) in [6.07, 6.45) is 0.499. The first-order chi connectivity index (χ1) is 17.3. The van der Waals surface area contributed by atoms with E-state index in [9.17, 15) is 18.0 Å². The first-order valence-corrected chi connectivity index (χ1v) is 12.1. The third-order valence-electron chi connectivity index (χ3n) is 6.60. The second-order valence-electron chi connectivity index (χ2n) is 8.98. The number of amides is 1. The standard InChI is InChI=1S/C27H30F3N3O3/c1-35-24-4-2-3-5-25(24)36-15-14-32-26(34)19-8-6-18(7-9-19)17-33-23-12-13-31-22-11-10-20(16-21(22)23)27(28,29)30/h2-5,10-13,16,18-19H,6-9,14-15,17H2,1H3,(H,31,33)(H,32,34)/t18-,19-. The summed E-state index contributed by atoms with van der Waals surface area (Å²) in [5, 5.41) is 6.72. The molecule has 36 heavy (non-hydrogen) atoms. The number of halogens is 3. The number of hydrogen-bond donors (Lipinski definition) is 2. The molecule has 1 heterocycles. The van der Waals surface area contributed by atoms with Gasteiger partial charge in [-0.2, -0.15) is 13.2 Å². The van der Waals surface area contributed by atoms with Crippen molar-refractivity contribution in [2.24, 2.45) is 11.8 Å². The van der Waals surface area contributed by atoms with Gasteiger partial charge in [-0.3, -0.25) is 9.78 Å². The highest BCUT2D eigenvalue weighted by Gasteiger charge is 2.31. The summed E-state index contributed by atoms with van der Waals surface area (Å²) in [5.74, 6) is 1.63. The number of benzene rings is 2. The van der Waals surface area contributed by atoms with Crippen molar-refractivity contribution in [2.75, 3.05) is 32.1 Å².